The number of amides is 3. The van der Waals surface area contributed by atoms with Crippen molar-refractivity contribution in [3.63, 3.8) is 0 Å². The molecule has 7 nitrogen and oxygen atoms in total. The molecule has 0 atom stereocenters. The number of hydrogen-bond acceptors (Lipinski definition) is 4. The zero-order chi connectivity index (χ0) is 23.5. The molecule has 2 N–H and O–H groups in total. The minimum atomic E-state index is -4.50. The highest BCUT2D eigenvalue weighted by molar-refractivity contribution is 6.44. The maximum absolute atomic E-state index is 12.7. The van der Waals surface area contributed by atoms with Gasteiger partial charge in [-0.05, 0) is 55.3 Å². The number of benzene rings is 2. The Kier molecular flexibility index (Phi) is 6.61. The van der Waals surface area contributed by atoms with Crippen molar-refractivity contribution in [3.8, 4) is 0 Å². The molecular weight excluding hydrogens is 425 g/mol. The molecule has 1 aliphatic rings. The lowest BCUT2D eigenvalue weighted by molar-refractivity contribution is -0.123. The van der Waals surface area contributed by atoms with Crippen LogP contribution >= 0.6 is 0 Å². The van der Waals surface area contributed by atoms with Gasteiger partial charge in [0.15, 0.2) is 0 Å². The first kappa shape index (κ1) is 23.0. The van der Waals surface area contributed by atoms with Gasteiger partial charge in [-0.1, -0.05) is 12.1 Å². The van der Waals surface area contributed by atoms with Gasteiger partial charge in [0.25, 0.3) is 11.8 Å². The fourth-order valence-electron chi connectivity index (χ4n) is 3.04. The van der Waals surface area contributed by atoms with Crippen LogP contribution in [0.5, 0.6) is 0 Å². The predicted octanol–water partition coefficient (Wildman–Crippen LogP) is 3.72. The quantitative estimate of drug-likeness (QED) is 0.734. The van der Waals surface area contributed by atoms with E-state index in [1.165, 1.54) is 29.3 Å². The smallest absolute Gasteiger partial charge is 0.343 e. The lowest BCUT2D eigenvalue weighted by atomic mass is 10.1. The highest BCUT2D eigenvalue weighted by Crippen LogP contribution is 2.25. The van der Waals surface area contributed by atoms with Crippen LogP contribution in [0.3, 0.4) is 0 Å². The zero-order valence-electron chi connectivity index (χ0n) is 17.4. The second kappa shape index (κ2) is 9.21. The number of nitrogens with zero attached hydrogens (tertiary/aromatic N) is 2. The van der Waals surface area contributed by atoms with Crippen molar-refractivity contribution >= 4 is 34.8 Å². The van der Waals surface area contributed by atoms with Gasteiger partial charge < -0.3 is 10.6 Å². The number of nitrogens with one attached hydrogen (secondary N) is 2. The third-order valence-electron chi connectivity index (χ3n) is 4.74. The van der Waals surface area contributed by atoms with Crippen molar-refractivity contribution < 1.29 is 27.6 Å². The van der Waals surface area contributed by atoms with Gasteiger partial charge >= 0.3 is 6.18 Å². The van der Waals surface area contributed by atoms with E-state index >= 15 is 0 Å². The van der Waals surface area contributed by atoms with E-state index in [-0.39, 0.29) is 30.0 Å². The monoisotopic (exact) mass is 446 g/mol. The summed E-state index contributed by atoms with van der Waals surface area (Å²) in [5.74, 6) is -1.61. The highest BCUT2D eigenvalue weighted by atomic mass is 19.4. The number of carbonyl (C=O) groups is 3. The van der Waals surface area contributed by atoms with Gasteiger partial charge in [-0.15, -0.1) is 0 Å². The summed E-state index contributed by atoms with van der Waals surface area (Å²) in [5.41, 5.74) is 2.92. The minimum Gasteiger partial charge on any atom is -0.343 e. The molecular formula is C22H21F3N4O3. The van der Waals surface area contributed by atoms with Crippen LogP contribution in [0.2, 0.25) is 0 Å². The summed E-state index contributed by atoms with van der Waals surface area (Å²) in [7, 11) is 0. The van der Waals surface area contributed by atoms with Gasteiger partial charge in [0, 0.05) is 24.1 Å². The molecule has 0 saturated heterocycles. The Bertz CT molecular complexity index is 1080. The molecule has 0 bridgehead atoms. The van der Waals surface area contributed by atoms with Crippen LogP contribution in [0.15, 0.2) is 47.6 Å². The van der Waals surface area contributed by atoms with E-state index in [1.807, 2.05) is 32.0 Å². The summed E-state index contributed by atoms with van der Waals surface area (Å²) in [6, 6.07) is 11.0. The van der Waals surface area contributed by atoms with Gasteiger partial charge in [-0.3, -0.25) is 14.4 Å². The van der Waals surface area contributed by atoms with E-state index < -0.39 is 24.5 Å². The molecule has 10 heteroatoms. The zero-order valence-corrected chi connectivity index (χ0v) is 17.4. The van der Waals surface area contributed by atoms with Gasteiger partial charge in [0.05, 0.1) is 5.69 Å². The van der Waals surface area contributed by atoms with Crippen molar-refractivity contribution in [1.82, 2.24) is 5.32 Å². The molecule has 2 aromatic rings. The summed E-state index contributed by atoms with van der Waals surface area (Å²) in [6.45, 7) is 2.31. The molecule has 0 aliphatic carbocycles. The Labute approximate surface area is 182 Å². The van der Waals surface area contributed by atoms with Crippen molar-refractivity contribution in [2.45, 2.75) is 32.9 Å². The Hall–Kier alpha value is -3.69. The van der Waals surface area contributed by atoms with E-state index in [9.17, 15) is 27.6 Å². The normalized spacial score (nSPS) is 14.1. The van der Waals surface area contributed by atoms with E-state index in [0.29, 0.717) is 11.4 Å². The Morgan fingerprint density at radius 2 is 1.72 bits per heavy atom. The minimum absolute atomic E-state index is 0.0222. The molecule has 0 saturated carbocycles. The maximum atomic E-state index is 12.7. The standard InChI is InChI=1S/C22H21F3N4O3/c1-13-3-4-14(2)18(11-13)29-19(30)10-9-17(28-29)21(32)27-16-7-5-15(6-8-16)20(31)26-12-22(23,24)25/h3-8,11H,9-10,12H2,1-2H3,(H,26,31)(H,27,32). The van der Waals surface area contributed by atoms with E-state index in [1.54, 1.807) is 5.32 Å². The number of hydrazone groups is 1. The summed E-state index contributed by atoms with van der Waals surface area (Å²) >= 11 is 0. The largest absolute Gasteiger partial charge is 0.405 e. The fourth-order valence-corrected chi connectivity index (χ4v) is 3.04. The summed E-state index contributed by atoms with van der Waals surface area (Å²) < 4.78 is 36.7. The lowest BCUT2D eigenvalue weighted by Gasteiger charge is -2.24. The molecule has 168 valence electrons. The van der Waals surface area contributed by atoms with Crippen LogP contribution in [0.4, 0.5) is 24.5 Å². The predicted molar refractivity (Wildman–Crippen MR) is 114 cm³/mol. The fraction of sp³-hybridized carbons (Fsp3) is 0.273. The molecule has 0 radical (unpaired) electrons. The van der Waals surface area contributed by atoms with Gasteiger partial charge in [-0.2, -0.15) is 18.3 Å². The Morgan fingerprint density at radius 3 is 2.38 bits per heavy atom. The van der Waals surface area contributed by atoms with E-state index in [4.69, 9.17) is 0 Å². The second-order valence-electron chi connectivity index (χ2n) is 7.37. The molecule has 1 heterocycles. The molecule has 1 aliphatic heterocycles. The Balaban J connectivity index is 1.70. The van der Waals surface area contributed by atoms with Crippen LogP contribution in [0, 0.1) is 13.8 Å². The number of rotatable bonds is 5. The molecule has 32 heavy (non-hydrogen) atoms. The summed E-state index contributed by atoms with van der Waals surface area (Å²) in [5, 5.41) is 9.88. The van der Waals surface area contributed by atoms with Crippen molar-refractivity contribution in [1.29, 1.82) is 0 Å². The van der Waals surface area contributed by atoms with Crippen LogP contribution in [-0.4, -0.2) is 36.2 Å². The average molecular weight is 446 g/mol. The van der Waals surface area contributed by atoms with Crippen molar-refractivity contribution in [2.75, 3.05) is 16.9 Å². The molecule has 3 rings (SSSR count). The van der Waals surface area contributed by atoms with Crippen LogP contribution in [0.1, 0.15) is 34.3 Å². The molecule has 0 aromatic heterocycles. The second-order valence-corrected chi connectivity index (χ2v) is 7.37. The molecule has 0 fully saturated rings. The van der Waals surface area contributed by atoms with Gasteiger partial charge in [0.2, 0.25) is 5.91 Å². The van der Waals surface area contributed by atoms with Crippen LogP contribution in [0.25, 0.3) is 0 Å². The van der Waals surface area contributed by atoms with E-state index in [0.717, 1.165) is 11.1 Å². The summed E-state index contributed by atoms with van der Waals surface area (Å²) in [6.07, 6.45) is -4.21. The third-order valence-corrected chi connectivity index (χ3v) is 4.74. The number of aryl methyl sites for hydroxylation is 2. The van der Waals surface area contributed by atoms with Crippen molar-refractivity contribution in [2.24, 2.45) is 5.10 Å². The molecule has 3 amide bonds. The van der Waals surface area contributed by atoms with E-state index in [2.05, 4.69) is 10.4 Å². The number of halogens is 3. The molecule has 0 unspecified atom stereocenters. The number of anilines is 2. The number of carbonyl (C=O) groups excluding carboxylic acids is 3. The maximum Gasteiger partial charge on any atom is 0.405 e. The average Bonchev–Trinajstić information content (AvgIpc) is 2.74. The van der Waals surface area contributed by atoms with Crippen LogP contribution in [-0.2, 0) is 9.59 Å². The van der Waals surface area contributed by atoms with Gasteiger partial charge in [-0.25, -0.2) is 5.01 Å². The first-order valence-corrected chi connectivity index (χ1v) is 9.77. The van der Waals surface area contributed by atoms with Crippen molar-refractivity contribution in [3.05, 3.63) is 59.2 Å². The number of alkyl halides is 3. The number of hydrogen-bond donors (Lipinski definition) is 2. The third kappa shape index (κ3) is 5.71. The van der Waals surface area contributed by atoms with Gasteiger partial charge in [0.1, 0.15) is 12.3 Å². The van der Waals surface area contributed by atoms with Crippen LogP contribution < -0.4 is 15.6 Å². The molecule has 0 spiro atoms. The Morgan fingerprint density at radius 1 is 1.03 bits per heavy atom. The molecule has 2 aromatic carbocycles. The SMILES string of the molecule is Cc1ccc(C)c(N2N=C(C(=O)Nc3ccc(C(=O)NCC(F)(F)F)cc3)CCC2=O)c1. The first-order chi connectivity index (χ1) is 15.0. The first-order valence-electron chi connectivity index (χ1n) is 9.77. The highest BCUT2D eigenvalue weighted by Gasteiger charge is 2.28. The lowest BCUT2D eigenvalue weighted by Crippen LogP contribution is -2.36. The summed E-state index contributed by atoms with van der Waals surface area (Å²) in [4.78, 5) is 36.8. The topological polar surface area (TPSA) is 90.9 Å².